The van der Waals surface area contributed by atoms with Crippen LogP contribution >= 0.6 is 11.6 Å². The number of aryl methyl sites for hydroxylation is 1. The first-order chi connectivity index (χ1) is 8.95. The van der Waals surface area contributed by atoms with Gasteiger partial charge in [0.1, 0.15) is 0 Å². The van der Waals surface area contributed by atoms with E-state index in [9.17, 15) is 15.2 Å². The highest BCUT2D eigenvalue weighted by Crippen LogP contribution is 2.26. The fourth-order valence-electron chi connectivity index (χ4n) is 1.88. The number of hydrogen-bond donors (Lipinski definition) is 1. The molecule has 1 aromatic carbocycles. The summed E-state index contributed by atoms with van der Waals surface area (Å²) < 4.78 is 1.58. The lowest BCUT2D eigenvalue weighted by molar-refractivity contribution is -0.384. The van der Waals surface area contributed by atoms with E-state index in [4.69, 9.17) is 11.6 Å². The molecule has 0 aliphatic heterocycles. The minimum atomic E-state index is -0.503. The Morgan fingerprint density at radius 2 is 2.16 bits per heavy atom. The van der Waals surface area contributed by atoms with Crippen LogP contribution in [0.5, 0.6) is 0 Å². The Balaban J connectivity index is 2.62. The summed E-state index contributed by atoms with van der Waals surface area (Å²) in [7, 11) is 0. The molecule has 2 rings (SSSR count). The van der Waals surface area contributed by atoms with Crippen LogP contribution in [0.15, 0.2) is 18.2 Å². The Morgan fingerprint density at radius 1 is 1.47 bits per heavy atom. The molecule has 1 N–H and O–H groups in total. The van der Waals surface area contributed by atoms with Gasteiger partial charge in [-0.2, -0.15) is 5.10 Å². The Bertz CT molecular complexity index is 652. The van der Waals surface area contributed by atoms with Crippen molar-refractivity contribution in [1.29, 1.82) is 0 Å². The van der Waals surface area contributed by atoms with Crippen LogP contribution in [0, 0.1) is 24.0 Å². The SMILES string of the molecule is Cc1nn(-c2ccc([N+](=O)[O-])cc2CO)c(C)c1Cl. The van der Waals surface area contributed by atoms with E-state index in [1.807, 2.05) is 0 Å². The molecule has 0 atom stereocenters. The summed E-state index contributed by atoms with van der Waals surface area (Å²) in [5, 5.41) is 24.9. The molecular weight excluding hydrogens is 270 g/mol. The number of nitro benzene ring substituents is 1. The average Bonchev–Trinajstić information content (AvgIpc) is 2.65. The van der Waals surface area contributed by atoms with Crippen molar-refractivity contribution in [3.8, 4) is 5.69 Å². The summed E-state index contributed by atoms with van der Waals surface area (Å²) in [5.41, 5.74) is 2.33. The van der Waals surface area contributed by atoms with Gasteiger partial charge in [-0.1, -0.05) is 11.6 Å². The van der Waals surface area contributed by atoms with Gasteiger partial charge in [0.25, 0.3) is 5.69 Å². The van der Waals surface area contributed by atoms with Gasteiger partial charge in [0.2, 0.25) is 0 Å². The molecule has 0 fully saturated rings. The second kappa shape index (κ2) is 4.99. The summed E-state index contributed by atoms with van der Waals surface area (Å²) >= 11 is 6.07. The lowest BCUT2D eigenvalue weighted by Crippen LogP contribution is -2.04. The number of non-ortho nitro benzene ring substituents is 1. The van der Waals surface area contributed by atoms with Gasteiger partial charge in [0.05, 0.1) is 33.6 Å². The molecule has 1 heterocycles. The molecular formula is C12H12ClN3O3. The first-order valence-corrected chi connectivity index (χ1v) is 5.93. The molecule has 19 heavy (non-hydrogen) atoms. The number of benzene rings is 1. The largest absolute Gasteiger partial charge is 0.392 e. The topological polar surface area (TPSA) is 81.2 Å². The summed E-state index contributed by atoms with van der Waals surface area (Å²) in [4.78, 5) is 10.2. The number of aliphatic hydroxyl groups is 1. The lowest BCUT2D eigenvalue weighted by atomic mass is 10.1. The van der Waals surface area contributed by atoms with Crippen molar-refractivity contribution in [1.82, 2.24) is 9.78 Å². The number of halogens is 1. The van der Waals surface area contributed by atoms with Crippen molar-refractivity contribution in [3.63, 3.8) is 0 Å². The fourth-order valence-corrected chi connectivity index (χ4v) is 1.99. The minimum Gasteiger partial charge on any atom is -0.392 e. The van der Waals surface area contributed by atoms with Crippen molar-refractivity contribution in [2.75, 3.05) is 0 Å². The fraction of sp³-hybridized carbons (Fsp3) is 0.250. The Hall–Kier alpha value is -1.92. The third-order valence-electron chi connectivity index (χ3n) is 2.88. The first-order valence-electron chi connectivity index (χ1n) is 5.56. The molecule has 0 spiro atoms. The van der Waals surface area contributed by atoms with Gasteiger partial charge in [0.15, 0.2) is 0 Å². The summed E-state index contributed by atoms with van der Waals surface area (Å²) in [6.07, 6.45) is 0. The van der Waals surface area contributed by atoms with E-state index in [1.165, 1.54) is 12.1 Å². The zero-order chi connectivity index (χ0) is 14.2. The molecule has 0 unspecified atom stereocenters. The van der Waals surface area contributed by atoms with Gasteiger partial charge in [-0.3, -0.25) is 10.1 Å². The molecule has 0 saturated heterocycles. The Morgan fingerprint density at radius 3 is 2.63 bits per heavy atom. The zero-order valence-electron chi connectivity index (χ0n) is 10.4. The average molecular weight is 282 g/mol. The van der Waals surface area contributed by atoms with Gasteiger partial charge in [-0.05, 0) is 19.9 Å². The van der Waals surface area contributed by atoms with Crippen LogP contribution in [0.25, 0.3) is 5.69 Å². The predicted molar refractivity (Wildman–Crippen MR) is 70.6 cm³/mol. The molecule has 0 aliphatic rings. The number of nitrogens with zero attached hydrogens (tertiary/aromatic N) is 3. The number of nitro groups is 1. The molecule has 0 aliphatic carbocycles. The maximum atomic E-state index is 10.7. The second-order valence-electron chi connectivity index (χ2n) is 4.12. The number of aromatic nitrogens is 2. The molecule has 0 saturated carbocycles. The normalized spacial score (nSPS) is 10.7. The van der Waals surface area contributed by atoms with Crippen molar-refractivity contribution in [2.45, 2.75) is 20.5 Å². The van der Waals surface area contributed by atoms with E-state index < -0.39 is 4.92 Å². The summed E-state index contributed by atoms with van der Waals surface area (Å²) in [6, 6.07) is 4.26. The van der Waals surface area contributed by atoms with E-state index >= 15 is 0 Å². The second-order valence-corrected chi connectivity index (χ2v) is 4.50. The Kier molecular flexibility index (Phi) is 3.55. The van der Waals surface area contributed by atoms with Gasteiger partial charge in [-0.15, -0.1) is 0 Å². The number of rotatable bonds is 3. The molecule has 6 nitrogen and oxygen atoms in total. The summed E-state index contributed by atoms with van der Waals surface area (Å²) in [5.74, 6) is 0. The van der Waals surface area contributed by atoms with Crippen molar-refractivity contribution in [2.24, 2.45) is 0 Å². The van der Waals surface area contributed by atoms with Crippen LogP contribution in [0.1, 0.15) is 17.0 Å². The van der Waals surface area contributed by atoms with E-state index in [-0.39, 0.29) is 12.3 Å². The van der Waals surface area contributed by atoms with E-state index in [2.05, 4.69) is 5.10 Å². The molecule has 0 amide bonds. The smallest absolute Gasteiger partial charge is 0.269 e. The zero-order valence-corrected chi connectivity index (χ0v) is 11.2. The standard InChI is InChI=1S/C12H12ClN3O3/c1-7-12(13)8(2)15(14-7)11-4-3-10(16(18)19)5-9(11)6-17/h3-5,17H,6H2,1-2H3. The van der Waals surface area contributed by atoms with Crippen LogP contribution in [-0.4, -0.2) is 19.8 Å². The van der Waals surface area contributed by atoms with Gasteiger partial charge < -0.3 is 5.11 Å². The van der Waals surface area contributed by atoms with Crippen molar-refractivity contribution >= 4 is 17.3 Å². The van der Waals surface area contributed by atoms with Crippen molar-refractivity contribution < 1.29 is 10.0 Å². The van der Waals surface area contributed by atoms with Crippen molar-refractivity contribution in [3.05, 3.63) is 50.3 Å². The molecule has 7 heteroatoms. The molecule has 100 valence electrons. The van der Waals surface area contributed by atoms with E-state index in [0.717, 1.165) is 5.69 Å². The first kappa shape index (κ1) is 13.5. The maximum absolute atomic E-state index is 10.7. The molecule has 0 bridgehead atoms. The van der Waals surface area contributed by atoms with E-state index in [1.54, 1.807) is 24.6 Å². The lowest BCUT2D eigenvalue weighted by Gasteiger charge is -2.09. The predicted octanol–water partition coefficient (Wildman–Crippen LogP) is 2.54. The summed E-state index contributed by atoms with van der Waals surface area (Å²) in [6.45, 7) is 3.26. The van der Waals surface area contributed by atoms with Crippen LogP contribution in [-0.2, 0) is 6.61 Å². The van der Waals surface area contributed by atoms with Crippen LogP contribution in [0.4, 0.5) is 5.69 Å². The van der Waals surface area contributed by atoms with Crippen LogP contribution < -0.4 is 0 Å². The Labute approximate surface area is 114 Å². The third kappa shape index (κ3) is 2.32. The number of aliphatic hydroxyl groups excluding tert-OH is 1. The van der Waals surface area contributed by atoms with E-state index in [0.29, 0.717) is 22.0 Å². The molecule has 2 aromatic rings. The maximum Gasteiger partial charge on any atom is 0.269 e. The molecule has 0 radical (unpaired) electrons. The number of hydrogen-bond acceptors (Lipinski definition) is 4. The highest BCUT2D eigenvalue weighted by atomic mass is 35.5. The highest BCUT2D eigenvalue weighted by Gasteiger charge is 2.16. The third-order valence-corrected chi connectivity index (χ3v) is 3.42. The van der Waals surface area contributed by atoms with Gasteiger partial charge >= 0.3 is 0 Å². The van der Waals surface area contributed by atoms with Crippen LogP contribution in [0.2, 0.25) is 5.02 Å². The van der Waals surface area contributed by atoms with Crippen LogP contribution in [0.3, 0.4) is 0 Å². The van der Waals surface area contributed by atoms with Gasteiger partial charge in [0, 0.05) is 17.7 Å². The monoisotopic (exact) mass is 281 g/mol. The highest BCUT2D eigenvalue weighted by molar-refractivity contribution is 6.31. The van der Waals surface area contributed by atoms with Gasteiger partial charge in [-0.25, -0.2) is 4.68 Å². The molecule has 1 aromatic heterocycles. The quantitative estimate of drug-likeness (QED) is 0.692. The minimum absolute atomic E-state index is 0.0690.